The Balaban J connectivity index is 2.09. The Bertz CT molecular complexity index is 1450. The third kappa shape index (κ3) is 8.12. The molecule has 0 aliphatic carbocycles. The van der Waals surface area contributed by atoms with Crippen LogP contribution in [0.3, 0.4) is 0 Å². The van der Waals surface area contributed by atoms with E-state index in [2.05, 4.69) is 5.32 Å². The Labute approximate surface area is 250 Å². The standard InChI is InChI=1S/C33H43N3O5S/c1-7-27-13-9-10-15-31(27)36(42(39,40)29-18-16-25(5)17-19-29)23-32(37)35(22-26-12-11-14-28(20-26)41-6)30(8-2)33(38)34-21-24(3)4/h9-20,24,30H,7-8,21-23H2,1-6H3,(H,34,38)/t30-/m0/s1. The van der Waals surface area contributed by atoms with Gasteiger partial charge in [0.05, 0.1) is 17.7 Å². The second kappa shape index (κ2) is 14.9. The van der Waals surface area contributed by atoms with Crippen molar-refractivity contribution < 1.29 is 22.7 Å². The number of aryl methyl sites for hydroxylation is 2. The van der Waals surface area contributed by atoms with Gasteiger partial charge in [-0.15, -0.1) is 0 Å². The molecule has 0 saturated carbocycles. The quantitative estimate of drug-likeness (QED) is 0.272. The van der Waals surface area contributed by atoms with Gasteiger partial charge < -0.3 is 15.0 Å². The van der Waals surface area contributed by atoms with Crippen molar-refractivity contribution in [2.75, 3.05) is 24.5 Å². The van der Waals surface area contributed by atoms with Crippen molar-refractivity contribution in [3.63, 3.8) is 0 Å². The summed E-state index contributed by atoms with van der Waals surface area (Å²) < 4.78 is 34.8. The molecule has 1 atom stereocenters. The summed E-state index contributed by atoms with van der Waals surface area (Å²) >= 11 is 0. The lowest BCUT2D eigenvalue weighted by molar-refractivity contribution is -0.140. The largest absolute Gasteiger partial charge is 0.497 e. The highest BCUT2D eigenvalue weighted by atomic mass is 32.2. The normalized spacial score (nSPS) is 12.1. The zero-order chi connectivity index (χ0) is 30.9. The summed E-state index contributed by atoms with van der Waals surface area (Å²) in [5.74, 6) is 0.0997. The lowest BCUT2D eigenvalue weighted by Crippen LogP contribution is -2.52. The molecule has 0 aliphatic rings. The number of benzene rings is 3. The second-order valence-corrected chi connectivity index (χ2v) is 12.6. The van der Waals surface area contributed by atoms with Crippen LogP contribution in [0, 0.1) is 12.8 Å². The van der Waals surface area contributed by atoms with Crippen LogP contribution in [0.25, 0.3) is 0 Å². The lowest BCUT2D eigenvalue weighted by Gasteiger charge is -2.34. The smallest absolute Gasteiger partial charge is 0.264 e. The number of methoxy groups -OCH3 is 1. The van der Waals surface area contributed by atoms with Crippen molar-refractivity contribution >= 4 is 27.5 Å². The van der Waals surface area contributed by atoms with Crippen molar-refractivity contribution in [3.8, 4) is 5.75 Å². The average Bonchev–Trinajstić information content (AvgIpc) is 2.98. The van der Waals surface area contributed by atoms with E-state index >= 15 is 0 Å². The zero-order valence-corrected chi connectivity index (χ0v) is 26.3. The summed E-state index contributed by atoms with van der Waals surface area (Å²) in [6, 6.07) is 20.3. The van der Waals surface area contributed by atoms with Crippen molar-refractivity contribution in [2.24, 2.45) is 5.92 Å². The molecule has 1 N–H and O–H groups in total. The monoisotopic (exact) mass is 593 g/mol. The third-order valence-corrected chi connectivity index (χ3v) is 8.86. The van der Waals surface area contributed by atoms with Crippen molar-refractivity contribution in [1.29, 1.82) is 0 Å². The number of nitrogens with zero attached hydrogens (tertiary/aromatic N) is 2. The van der Waals surface area contributed by atoms with Crippen molar-refractivity contribution in [1.82, 2.24) is 10.2 Å². The Kier molecular flexibility index (Phi) is 11.6. The van der Waals surface area contributed by atoms with Gasteiger partial charge in [0, 0.05) is 13.1 Å². The van der Waals surface area contributed by atoms with Crippen LogP contribution in [0.5, 0.6) is 5.75 Å². The maximum absolute atomic E-state index is 14.3. The first-order valence-corrected chi connectivity index (χ1v) is 15.8. The molecule has 2 amide bonds. The molecule has 0 spiro atoms. The fourth-order valence-corrected chi connectivity index (χ4v) is 6.17. The molecule has 3 aromatic rings. The number of para-hydroxylation sites is 1. The molecule has 0 fully saturated rings. The Morgan fingerprint density at radius 2 is 1.64 bits per heavy atom. The molecule has 226 valence electrons. The summed E-state index contributed by atoms with van der Waals surface area (Å²) in [6.07, 6.45) is 0.933. The van der Waals surface area contributed by atoms with Crippen LogP contribution >= 0.6 is 0 Å². The third-order valence-electron chi connectivity index (χ3n) is 7.09. The van der Waals surface area contributed by atoms with Crippen LogP contribution in [0.1, 0.15) is 50.8 Å². The van der Waals surface area contributed by atoms with Crippen LogP contribution < -0.4 is 14.4 Å². The summed E-state index contributed by atoms with van der Waals surface area (Å²) in [5, 5.41) is 2.95. The molecule has 9 heteroatoms. The maximum atomic E-state index is 14.3. The van der Waals surface area contributed by atoms with E-state index in [-0.39, 0.29) is 23.3 Å². The molecular weight excluding hydrogens is 550 g/mol. The topological polar surface area (TPSA) is 96.0 Å². The van der Waals surface area contributed by atoms with Gasteiger partial charge in [-0.05, 0) is 67.1 Å². The van der Waals surface area contributed by atoms with Crippen LogP contribution in [0.15, 0.2) is 77.7 Å². The van der Waals surface area contributed by atoms with Gasteiger partial charge in [0.25, 0.3) is 10.0 Å². The van der Waals surface area contributed by atoms with Crippen LogP contribution in [-0.4, -0.2) is 51.4 Å². The van der Waals surface area contributed by atoms with E-state index in [9.17, 15) is 18.0 Å². The summed E-state index contributed by atoms with van der Waals surface area (Å²) in [4.78, 5) is 29.2. The van der Waals surface area contributed by atoms with E-state index in [0.29, 0.717) is 30.8 Å². The SMILES string of the molecule is CCc1ccccc1N(CC(=O)N(Cc1cccc(OC)c1)[C@@H](CC)C(=O)NCC(C)C)S(=O)(=O)c1ccc(C)cc1. The molecule has 0 aliphatic heterocycles. The fourth-order valence-electron chi connectivity index (χ4n) is 4.71. The molecule has 3 aromatic carbocycles. The number of carbonyl (C=O) groups excluding carboxylic acids is 2. The fraction of sp³-hybridized carbons (Fsp3) is 0.394. The number of rotatable bonds is 14. The minimum atomic E-state index is -4.12. The van der Waals surface area contributed by atoms with E-state index in [4.69, 9.17) is 4.74 Å². The predicted molar refractivity (Wildman–Crippen MR) is 167 cm³/mol. The minimum Gasteiger partial charge on any atom is -0.497 e. The number of hydrogen-bond acceptors (Lipinski definition) is 5. The van der Waals surface area contributed by atoms with E-state index < -0.39 is 28.5 Å². The Morgan fingerprint density at radius 1 is 0.952 bits per heavy atom. The number of carbonyl (C=O) groups is 2. The summed E-state index contributed by atoms with van der Waals surface area (Å²) in [6.45, 7) is 9.78. The number of ether oxygens (including phenoxy) is 1. The molecule has 0 aromatic heterocycles. The maximum Gasteiger partial charge on any atom is 0.264 e. The molecular formula is C33H43N3O5S. The number of amides is 2. The predicted octanol–water partition coefficient (Wildman–Crippen LogP) is 5.34. The first-order valence-electron chi connectivity index (χ1n) is 14.4. The number of sulfonamides is 1. The lowest BCUT2D eigenvalue weighted by atomic mass is 10.1. The molecule has 0 saturated heterocycles. The van der Waals surface area contributed by atoms with Crippen LogP contribution in [0.2, 0.25) is 0 Å². The highest BCUT2D eigenvalue weighted by Gasteiger charge is 2.34. The van der Waals surface area contributed by atoms with Crippen LogP contribution in [-0.2, 0) is 32.6 Å². The molecule has 42 heavy (non-hydrogen) atoms. The molecule has 0 radical (unpaired) electrons. The summed E-state index contributed by atoms with van der Waals surface area (Å²) in [7, 11) is -2.56. The van der Waals surface area contributed by atoms with E-state index in [0.717, 1.165) is 16.7 Å². The molecule has 0 unspecified atom stereocenters. The zero-order valence-electron chi connectivity index (χ0n) is 25.5. The van der Waals surface area contributed by atoms with Gasteiger partial charge in [0.15, 0.2) is 0 Å². The highest BCUT2D eigenvalue weighted by Crippen LogP contribution is 2.29. The van der Waals surface area contributed by atoms with Crippen LogP contribution in [0.4, 0.5) is 5.69 Å². The van der Waals surface area contributed by atoms with Gasteiger partial charge in [-0.3, -0.25) is 13.9 Å². The van der Waals surface area contributed by atoms with Crippen molar-refractivity contribution in [2.45, 2.75) is 64.9 Å². The molecule has 0 bridgehead atoms. The molecule has 8 nitrogen and oxygen atoms in total. The van der Waals surface area contributed by atoms with Gasteiger partial charge in [-0.25, -0.2) is 8.42 Å². The second-order valence-electron chi connectivity index (χ2n) is 10.7. The first-order chi connectivity index (χ1) is 20.0. The van der Waals surface area contributed by atoms with E-state index in [1.165, 1.54) is 9.21 Å². The summed E-state index contributed by atoms with van der Waals surface area (Å²) in [5.41, 5.74) is 2.92. The Morgan fingerprint density at radius 3 is 2.26 bits per heavy atom. The van der Waals surface area contributed by atoms with Gasteiger partial charge in [-0.1, -0.05) is 75.7 Å². The molecule has 3 rings (SSSR count). The number of hydrogen-bond donors (Lipinski definition) is 1. The highest BCUT2D eigenvalue weighted by molar-refractivity contribution is 7.92. The minimum absolute atomic E-state index is 0.0906. The number of anilines is 1. The van der Waals surface area contributed by atoms with Gasteiger partial charge >= 0.3 is 0 Å². The van der Waals surface area contributed by atoms with Gasteiger partial charge in [-0.2, -0.15) is 0 Å². The first kappa shape index (κ1) is 32.7. The average molecular weight is 594 g/mol. The van der Waals surface area contributed by atoms with E-state index in [1.807, 2.05) is 65.0 Å². The van der Waals surface area contributed by atoms with Gasteiger partial charge in [0.2, 0.25) is 11.8 Å². The van der Waals surface area contributed by atoms with Crippen molar-refractivity contribution in [3.05, 3.63) is 89.5 Å². The molecule has 0 heterocycles. The number of nitrogens with one attached hydrogen (secondary N) is 1. The Hall–Kier alpha value is -3.85. The van der Waals surface area contributed by atoms with Gasteiger partial charge in [0.1, 0.15) is 18.3 Å². The van der Waals surface area contributed by atoms with E-state index in [1.54, 1.807) is 49.6 Å².